The van der Waals surface area contributed by atoms with Crippen LogP contribution in [0.3, 0.4) is 0 Å². The summed E-state index contributed by atoms with van der Waals surface area (Å²) in [6, 6.07) is 0. The molecule has 1 aliphatic rings. The van der Waals surface area contributed by atoms with Crippen LogP contribution in [0.2, 0.25) is 0 Å². The quantitative estimate of drug-likeness (QED) is 0.444. The summed E-state index contributed by atoms with van der Waals surface area (Å²) in [6.07, 6.45) is 2.16. The van der Waals surface area contributed by atoms with E-state index in [1.807, 2.05) is 19.9 Å². The molecule has 0 saturated carbocycles. The molecule has 0 aromatic carbocycles. The number of allylic oxidation sites excluding steroid dienone is 2. The Balaban J connectivity index is 0.00000361. The van der Waals surface area contributed by atoms with Gasteiger partial charge >= 0.3 is 35.7 Å². The Morgan fingerprint density at radius 1 is 1.45 bits per heavy atom. The van der Waals surface area contributed by atoms with Gasteiger partial charge in [0.15, 0.2) is 11.3 Å². The van der Waals surface area contributed by atoms with E-state index in [1.54, 1.807) is 6.92 Å². The van der Waals surface area contributed by atoms with Gasteiger partial charge < -0.3 is 19.7 Å². The molecule has 7 heteroatoms. The first-order chi connectivity index (χ1) is 8.60. The second-order valence-corrected chi connectivity index (χ2v) is 5.40. The smallest absolute Gasteiger partial charge is 0.548 e. The van der Waals surface area contributed by atoms with Crippen LogP contribution >= 0.6 is 0 Å². The van der Waals surface area contributed by atoms with Crippen LogP contribution in [-0.2, 0) is 9.53 Å². The fraction of sp³-hybridized carbons (Fsp3) is 0.692. The molecule has 1 N–H and O–H groups in total. The molecule has 1 aliphatic heterocycles. The number of nitrogens with zero attached hydrogens (tertiary/aromatic N) is 1. The number of carbonyl (C=O) groups excluding carboxylic acids is 2. The summed E-state index contributed by atoms with van der Waals surface area (Å²) >= 11 is 0. The third-order valence-corrected chi connectivity index (χ3v) is 3.52. The van der Waals surface area contributed by atoms with Crippen molar-refractivity contribution >= 4 is 12.1 Å². The number of aliphatic carboxylic acids is 1. The number of cyclic esters (lactones) is 1. The van der Waals surface area contributed by atoms with Gasteiger partial charge in [0.2, 0.25) is 0 Å². The average molecular weight is 293 g/mol. The number of carboxylic acid groups (broad SMARTS) is 1. The molecule has 6 nitrogen and oxygen atoms in total. The third kappa shape index (κ3) is 3.97. The number of amides is 1. The van der Waals surface area contributed by atoms with E-state index in [1.165, 1.54) is 6.92 Å². The topological polar surface area (TPSA) is 89.9 Å². The van der Waals surface area contributed by atoms with Crippen LogP contribution in [0.25, 0.3) is 0 Å². The maximum atomic E-state index is 11.7. The normalized spacial score (nSPS) is 28.6. The molecule has 0 aromatic rings. The van der Waals surface area contributed by atoms with E-state index in [9.17, 15) is 19.8 Å². The van der Waals surface area contributed by atoms with Crippen molar-refractivity contribution in [2.24, 2.45) is 0 Å². The molecule has 1 rings (SSSR count). The molecule has 1 amide bonds. The molecule has 0 aromatic heterocycles. The molecule has 0 aliphatic carbocycles. The van der Waals surface area contributed by atoms with Crippen molar-refractivity contribution in [1.82, 2.24) is 4.90 Å². The zero-order valence-electron chi connectivity index (χ0n) is 12.7. The zero-order valence-corrected chi connectivity index (χ0v) is 14.7. The number of hydrogen-bond acceptors (Lipinski definition) is 5. The maximum Gasteiger partial charge on any atom is 1.00 e. The van der Waals surface area contributed by atoms with Gasteiger partial charge in [-0.15, -0.1) is 0 Å². The van der Waals surface area contributed by atoms with Gasteiger partial charge in [0.1, 0.15) is 0 Å². The number of carbonyl (C=O) groups is 2. The van der Waals surface area contributed by atoms with Crippen molar-refractivity contribution in [2.75, 3.05) is 6.54 Å². The van der Waals surface area contributed by atoms with Gasteiger partial charge in [-0.3, -0.25) is 4.90 Å². The first kappa shape index (κ1) is 19.4. The Morgan fingerprint density at radius 2 is 2.00 bits per heavy atom. The molecule has 1 fully saturated rings. The van der Waals surface area contributed by atoms with Crippen molar-refractivity contribution in [3.63, 3.8) is 0 Å². The monoisotopic (exact) mass is 293 g/mol. The Bertz CT molecular complexity index is 417. The van der Waals surface area contributed by atoms with E-state index >= 15 is 0 Å². The van der Waals surface area contributed by atoms with Gasteiger partial charge in [-0.1, -0.05) is 11.6 Å². The van der Waals surface area contributed by atoms with Crippen LogP contribution in [-0.4, -0.2) is 39.9 Å². The molecular formula is C13H20NNaO5. The largest absolute Gasteiger partial charge is 1.00 e. The summed E-state index contributed by atoms with van der Waals surface area (Å²) in [5.41, 5.74) is -1.70. The number of rotatable bonds is 5. The Hall–Kier alpha value is -0.560. The van der Waals surface area contributed by atoms with E-state index in [-0.39, 0.29) is 29.6 Å². The van der Waals surface area contributed by atoms with Gasteiger partial charge in [0.05, 0.1) is 12.5 Å². The zero-order chi connectivity index (χ0) is 14.8. The summed E-state index contributed by atoms with van der Waals surface area (Å²) in [6.45, 7) is 6.18. The molecule has 0 radical (unpaired) electrons. The molecule has 2 unspecified atom stereocenters. The first-order valence-corrected chi connectivity index (χ1v) is 6.16. The SMILES string of the molecule is CC(C)=CCCC1(C)OC(=O)N(CC(=O)[O-])C1(C)O.[Na+]. The number of carboxylic acids is 1. The van der Waals surface area contributed by atoms with E-state index in [2.05, 4.69) is 0 Å². The molecular weight excluding hydrogens is 273 g/mol. The van der Waals surface area contributed by atoms with Crippen molar-refractivity contribution in [3.05, 3.63) is 11.6 Å². The number of hydrogen-bond donors (Lipinski definition) is 1. The summed E-state index contributed by atoms with van der Waals surface area (Å²) < 4.78 is 5.18. The van der Waals surface area contributed by atoms with Crippen LogP contribution in [0.15, 0.2) is 11.6 Å². The minimum Gasteiger partial charge on any atom is -0.548 e. The second kappa shape index (κ2) is 6.93. The summed E-state index contributed by atoms with van der Waals surface area (Å²) in [5.74, 6) is -1.44. The van der Waals surface area contributed by atoms with E-state index < -0.39 is 29.9 Å². The van der Waals surface area contributed by atoms with Gasteiger partial charge in [0.25, 0.3) is 0 Å². The van der Waals surface area contributed by atoms with Crippen molar-refractivity contribution in [2.45, 2.75) is 51.9 Å². The van der Waals surface area contributed by atoms with E-state index in [4.69, 9.17) is 4.74 Å². The minimum atomic E-state index is -1.68. The average Bonchev–Trinajstić information content (AvgIpc) is 2.38. The fourth-order valence-corrected chi connectivity index (χ4v) is 2.08. The minimum absolute atomic E-state index is 0. The molecule has 0 bridgehead atoms. The van der Waals surface area contributed by atoms with Crippen LogP contribution in [0.5, 0.6) is 0 Å². The van der Waals surface area contributed by atoms with Gasteiger partial charge in [-0.25, -0.2) is 4.79 Å². The Kier molecular flexibility index (Phi) is 6.74. The predicted molar refractivity (Wildman–Crippen MR) is 65.9 cm³/mol. The second-order valence-electron chi connectivity index (χ2n) is 5.40. The summed E-state index contributed by atoms with van der Waals surface area (Å²) in [7, 11) is 0. The molecule has 2 atom stereocenters. The predicted octanol–water partition coefficient (Wildman–Crippen LogP) is -2.59. The first-order valence-electron chi connectivity index (χ1n) is 6.16. The maximum absolute atomic E-state index is 11.7. The Morgan fingerprint density at radius 3 is 2.45 bits per heavy atom. The van der Waals surface area contributed by atoms with E-state index in [0.717, 1.165) is 10.5 Å². The van der Waals surface area contributed by atoms with Crippen LogP contribution in [0, 0.1) is 0 Å². The van der Waals surface area contributed by atoms with Crippen LogP contribution in [0.1, 0.15) is 40.5 Å². The van der Waals surface area contributed by atoms with Gasteiger partial charge in [-0.2, -0.15) is 0 Å². The van der Waals surface area contributed by atoms with Gasteiger partial charge in [0, 0.05) is 0 Å². The van der Waals surface area contributed by atoms with Crippen molar-refractivity contribution in [1.29, 1.82) is 0 Å². The Labute approximate surface area is 141 Å². The molecule has 1 saturated heterocycles. The molecule has 0 spiro atoms. The number of aliphatic hydroxyl groups is 1. The standard InChI is InChI=1S/C13H21NO5.Na/c1-9(2)6-5-7-12(3)13(4,18)14(8-10(15)16)11(17)19-12;/h6,18H,5,7-8H2,1-4H3,(H,15,16);/q;+1/p-1. The van der Waals surface area contributed by atoms with Gasteiger partial charge in [-0.05, 0) is 40.5 Å². The van der Waals surface area contributed by atoms with Crippen molar-refractivity contribution < 1.29 is 54.1 Å². The van der Waals surface area contributed by atoms with Crippen LogP contribution in [0.4, 0.5) is 4.79 Å². The number of ether oxygens (including phenoxy) is 1. The fourth-order valence-electron chi connectivity index (χ4n) is 2.08. The summed E-state index contributed by atoms with van der Waals surface area (Å²) in [5, 5.41) is 21.0. The summed E-state index contributed by atoms with van der Waals surface area (Å²) in [4.78, 5) is 23.1. The van der Waals surface area contributed by atoms with E-state index in [0.29, 0.717) is 12.8 Å². The van der Waals surface area contributed by atoms with Crippen molar-refractivity contribution in [3.8, 4) is 0 Å². The molecule has 1 heterocycles. The molecule has 108 valence electrons. The third-order valence-electron chi connectivity index (χ3n) is 3.52. The molecule has 20 heavy (non-hydrogen) atoms. The van der Waals surface area contributed by atoms with Crippen LogP contribution < -0.4 is 34.7 Å².